The van der Waals surface area contributed by atoms with Crippen molar-refractivity contribution < 1.29 is 14.0 Å². The number of nitrogen functional groups attached to an aromatic ring is 1. The van der Waals surface area contributed by atoms with Crippen LogP contribution in [0, 0.1) is 11.8 Å². The zero-order valence-corrected chi connectivity index (χ0v) is 11.2. The standard InChI is InChI=1S/C13H19N3O3/c1-8(2)9-5-12(17)16(6-9)7-10-3-4-11(19-10)13(18)15-14/h3-4,8-9H,5-7,14H2,1-2H3,(H,15,18). The number of hydrogen-bond acceptors (Lipinski definition) is 4. The molecule has 1 fully saturated rings. The van der Waals surface area contributed by atoms with Crippen LogP contribution in [0.3, 0.4) is 0 Å². The lowest BCUT2D eigenvalue weighted by Gasteiger charge is -2.16. The van der Waals surface area contributed by atoms with Crippen LogP contribution in [0.4, 0.5) is 0 Å². The number of nitrogens with one attached hydrogen (secondary N) is 1. The Hall–Kier alpha value is -1.82. The smallest absolute Gasteiger partial charge is 0.300 e. The molecule has 0 bridgehead atoms. The van der Waals surface area contributed by atoms with Crippen LogP contribution >= 0.6 is 0 Å². The number of carbonyl (C=O) groups excluding carboxylic acids is 2. The monoisotopic (exact) mass is 265 g/mol. The fourth-order valence-electron chi connectivity index (χ4n) is 2.25. The fraction of sp³-hybridized carbons (Fsp3) is 0.538. The van der Waals surface area contributed by atoms with E-state index in [-0.39, 0.29) is 11.7 Å². The minimum Gasteiger partial charge on any atom is -0.454 e. The van der Waals surface area contributed by atoms with E-state index in [9.17, 15) is 9.59 Å². The van der Waals surface area contributed by atoms with Crippen LogP contribution in [0.1, 0.15) is 36.6 Å². The Kier molecular flexibility index (Phi) is 3.90. The summed E-state index contributed by atoms with van der Waals surface area (Å²) in [7, 11) is 0. The van der Waals surface area contributed by atoms with Gasteiger partial charge in [0.2, 0.25) is 5.91 Å². The Morgan fingerprint density at radius 1 is 1.58 bits per heavy atom. The van der Waals surface area contributed by atoms with Gasteiger partial charge in [-0.25, -0.2) is 5.84 Å². The highest BCUT2D eigenvalue weighted by Crippen LogP contribution is 2.26. The van der Waals surface area contributed by atoms with E-state index in [4.69, 9.17) is 10.3 Å². The molecule has 2 rings (SSSR count). The minimum absolute atomic E-state index is 0.139. The molecular weight excluding hydrogens is 246 g/mol. The maximum absolute atomic E-state index is 11.9. The number of carbonyl (C=O) groups is 2. The van der Waals surface area contributed by atoms with E-state index in [0.717, 1.165) is 6.54 Å². The Labute approximate surface area is 111 Å². The van der Waals surface area contributed by atoms with E-state index in [1.54, 1.807) is 17.0 Å². The molecule has 0 aliphatic carbocycles. The third-order valence-electron chi connectivity index (χ3n) is 3.55. The minimum atomic E-state index is -0.473. The highest BCUT2D eigenvalue weighted by molar-refractivity contribution is 5.90. The quantitative estimate of drug-likeness (QED) is 0.480. The number of amides is 2. The van der Waals surface area contributed by atoms with Crippen molar-refractivity contribution in [2.24, 2.45) is 17.7 Å². The largest absolute Gasteiger partial charge is 0.454 e. The average molecular weight is 265 g/mol. The first kappa shape index (κ1) is 13.6. The van der Waals surface area contributed by atoms with Crippen molar-refractivity contribution in [1.82, 2.24) is 10.3 Å². The molecule has 6 nitrogen and oxygen atoms in total. The summed E-state index contributed by atoms with van der Waals surface area (Å²) in [4.78, 5) is 24.9. The summed E-state index contributed by atoms with van der Waals surface area (Å²) >= 11 is 0. The third kappa shape index (κ3) is 2.96. The predicted molar refractivity (Wildman–Crippen MR) is 68.7 cm³/mol. The first-order valence-electron chi connectivity index (χ1n) is 6.38. The zero-order valence-electron chi connectivity index (χ0n) is 11.2. The molecular formula is C13H19N3O3. The van der Waals surface area contributed by atoms with Crippen molar-refractivity contribution in [3.05, 3.63) is 23.7 Å². The molecule has 104 valence electrons. The molecule has 2 amide bonds. The number of hydrogen-bond donors (Lipinski definition) is 2. The van der Waals surface area contributed by atoms with E-state index in [1.165, 1.54) is 0 Å². The van der Waals surface area contributed by atoms with Crippen molar-refractivity contribution in [3.63, 3.8) is 0 Å². The van der Waals surface area contributed by atoms with Crippen molar-refractivity contribution in [2.75, 3.05) is 6.54 Å². The van der Waals surface area contributed by atoms with Crippen molar-refractivity contribution in [2.45, 2.75) is 26.8 Å². The summed E-state index contributed by atoms with van der Waals surface area (Å²) < 4.78 is 5.36. The summed E-state index contributed by atoms with van der Waals surface area (Å²) in [5, 5.41) is 0. The van der Waals surface area contributed by atoms with Crippen LogP contribution in [0.15, 0.2) is 16.5 Å². The average Bonchev–Trinajstić information content (AvgIpc) is 2.97. The van der Waals surface area contributed by atoms with Crippen molar-refractivity contribution in [1.29, 1.82) is 0 Å². The molecule has 1 aromatic rings. The van der Waals surface area contributed by atoms with Gasteiger partial charge in [-0.15, -0.1) is 0 Å². The van der Waals surface area contributed by atoms with Gasteiger partial charge in [0.25, 0.3) is 0 Å². The van der Waals surface area contributed by atoms with Gasteiger partial charge in [-0.1, -0.05) is 13.8 Å². The van der Waals surface area contributed by atoms with Crippen molar-refractivity contribution in [3.8, 4) is 0 Å². The van der Waals surface area contributed by atoms with Gasteiger partial charge in [-0.3, -0.25) is 15.0 Å². The SMILES string of the molecule is CC(C)C1CC(=O)N(Cc2ccc(C(=O)NN)o2)C1. The Balaban J connectivity index is 2.00. The molecule has 1 unspecified atom stereocenters. The van der Waals surface area contributed by atoms with Gasteiger partial charge < -0.3 is 9.32 Å². The maximum Gasteiger partial charge on any atom is 0.300 e. The van der Waals surface area contributed by atoms with E-state index in [0.29, 0.717) is 30.6 Å². The second-order valence-electron chi connectivity index (χ2n) is 5.22. The highest BCUT2D eigenvalue weighted by atomic mass is 16.4. The lowest BCUT2D eigenvalue weighted by atomic mass is 9.95. The van der Waals surface area contributed by atoms with Crippen LogP contribution in [0.5, 0.6) is 0 Å². The molecule has 19 heavy (non-hydrogen) atoms. The van der Waals surface area contributed by atoms with Crippen LogP contribution in [0.2, 0.25) is 0 Å². The first-order chi connectivity index (χ1) is 9.01. The van der Waals surface area contributed by atoms with Gasteiger partial charge in [-0.2, -0.15) is 0 Å². The number of furan rings is 1. The summed E-state index contributed by atoms with van der Waals surface area (Å²) in [6.07, 6.45) is 0.592. The van der Waals surface area contributed by atoms with Crippen LogP contribution in [-0.4, -0.2) is 23.3 Å². The Morgan fingerprint density at radius 3 is 2.89 bits per heavy atom. The van der Waals surface area contributed by atoms with E-state index in [1.807, 2.05) is 5.43 Å². The summed E-state index contributed by atoms with van der Waals surface area (Å²) in [6.45, 7) is 5.39. The third-order valence-corrected chi connectivity index (χ3v) is 3.55. The molecule has 3 N–H and O–H groups in total. The van der Waals surface area contributed by atoms with Gasteiger partial charge in [0.15, 0.2) is 5.76 Å². The number of nitrogens with zero attached hydrogens (tertiary/aromatic N) is 1. The van der Waals surface area contributed by atoms with Gasteiger partial charge in [0.1, 0.15) is 5.76 Å². The highest BCUT2D eigenvalue weighted by Gasteiger charge is 2.31. The number of nitrogens with two attached hydrogens (primary N) is 1. The number of rotatable bonds is 4. The van der Waals surface area contributed by atoms with Crippen LogP contribution < -0.4 is 11.3 Å². The van der Waals surface area contributed by atoms with Gasteiger partial charge >= 0.3 is 5.91 Å². The molecule has 2 heterocycles. The molecule has 1 atom stereocenters. The van der Waals surface area contributed by atoms with Crippen LogP contribution in [-0.2, 0) is 11.3 Å². The summed E-state index contributed by atoms with van der Waals surface area (Å²) in [5.41, 5.74) is 2.01. The molecule has 6 heteroatoms. The lowest BCUT2D eigenvalue weighted by Crippen LogP contribution is -2.29. The molecule has 1 aliphatic rings. The molecule has 0 radical (unpaired) electrons. The normalized spacial score (nSPS) is 19.3. The molecule has 1 aliphatic heterocycles. The van der Waals surface area contributed by atoms with Crippen molar-refractivity contribution >= 4 is 11.8 Å². The topological polar surface area (TPSA) is 88.6 Å². The van der Waals surface area contributed by atoms with Crippen LogP contribution in [0.25, 0.3) is 0 Å². The van der Waals surface area contributed by atoms with E-state index < -0.39 is 5.91 Å². The maximum atomic E-state index is 11.9. The zero-order chi connectivity index (χ0) is 14.0. The number of hydrazine groups is 1. The number of likely N-dealkylation sites (tertiary alicyclic amines) is 1. The molecule has 0 saturated carbocycles. The Bertz CT molecular complexity index is 481. The lowest BCUT2D eigenvalue weighted by molar-refractivity contribution is -0.128. The molecule has 1 aromatic heterocycles. The second kappa shape index (κ2) is 5.44. The molecule has 0 spiro atoms. The first-order valence-corrected chi connectivity index (χ1v) is 6.38. The molecule has 0 aromatic carbocycles. The van der Waals surface area contributed by atoms with Gasteiger partial charge in [0.05, 0.1) is 6.54 Å². The second-order valence-corrected chi connectivity index (χ2v) is 5.22. The van der Waals surface area contributed by atoms with E-state index >= 15 is 0 Å². The van der Waals surface area contributed by atoms with Gasteiger partial charge in [0, 0.05) is 13.0 Å². The van der Waals surface area contributed by atoms with Gasteiger partial charge in [-0.05, 0) is 24.0 Å². The van der Waals surface area contributed by atoms with E-state index in [2.05, 4.69) is 13.8 Å². The summed E-state index contributed by atoms with van der Waals surface area (Å²) in [5.74, 6) is 6.33. The predicted octanol–water partition coefficient (Wildman–Crippen LogP) is 0.888. The summed E-state index contributed by atoms with van der Waals surface area (Å²) in [6, 6.07) is 3.25. The molecule has 1 saturated heterocycles. The Morgan fingerprint density at radius 2 is 2.32 bits per heavy atom. The fourth-order valence-corrected chi connectivity index (χ4v) is 2.25.